The van der Waals surface area contributed by atoms with Crippen LogP contribution in [0.25, 0.3) is 0 Å². The van der Waals surface area contributed by atoms with Crippen molar-refractivity contribution < 1.29 is 14.3 Å². The molecule has 32 heavy (non-hydrogen) atoms. The highest BCUT2D eigenvalue weighted by atomic mass is 35.5. The zero-order chi connectivity index (χ0) is 22.5. The fraction of sp³-hybridized carbons (Fsp3) is 0.304. The van der Waals surface area contributed by atoms with E-state index in [1.165, 1.54) is 11.3 Å². The molecule has 0 spiro atoms. The Balaban J connectivity index is 1.26. The first-order chi connectivity index (χ1) is 15.5. The minimum absolute atomic E-state index is 0.0959. The van der Waals surface area contributed by atoms with Crippen molar-refractivity contribution in [2.75, 3.05) is 23.4 Å². The van der Waals surface area contributed by atoms with Crippen LogP contribution in [0.15, 0.2) is 48.5 Å². The Morgan fingerprint density at radius 1 is 1.25 bits per heavy atom. The van der Waals surface area contributed by atoms with Gasteiger partial charge in [-0.25, -0.2) is 0 Å². The lowest BCUT2D eigenvalue weighted by atomic mass is 10.1. The molecule has 1 unspecified atom stereocenters. The summed E-state index contributed by atoms with van der Waals surface area (Å²) < 4.78 is 5.68. The number of nitrogens with zero attached hydrogens (tertiary/aromatic N) is 3. The molecule has 4 rings (SSSR count). The summed E-state index contributed by atoms with van der Waals surface area (Å²) in [7, 11) is 0. The zero-order valence-corrected chi connectivity index (χ0v) is 19.2. The normalized spacial score (nSPS) is 15.8. The van der Waals surface area contributed by atoms with E-state index >= 15 is 0 Å². The Morgan fingerprint density at radius 3 is 2.84 bits per heavy atom. The summed E-state index contributed by atoms with van der Waals surface area (Å²) in [6.07, 6.45) is 1.66. The lowest BCUT2D eigenvalue weighted by Crippen LogP contribution is -2.28. The van der Waals surface area contributed by atoms with Crippen LogP contribution in [0, 0.1) is 12.8 Å². The Hall–Kier alpha value is -2.97. The number of carbonyl (C=O) groups is 2. The molecule has 0 radical (unpaired) electrons. The van der Waals surface area contributed by atoms with Crippen molar-refractivity contribution in [3.05, 3.63) is 64.1 Å². The second kappa shape index (κ2) is 10.1. The number of hydrogen-bond acceptors (Lipinski definition) is 6. The Kier molecular flexibility index (Phi) is 7.02. The van der Waals surface area contributed by atoms with E-state index in [1.807, 2.05) is 49.4 Å². The van der Waals surface area contributed by atoms with Crippen LogP contribution in [-0.4, -0.2) is 35.2 Å². The van der Waals surface area contributed by atoms with Gasteiger partial charge in [0.05, 0.1) is 12.5 Å². The molecule has 166 valence electrons. The zero-order valence-electron chi connectivity index (χ0n) is 17.6. The van der Waals surface area contributed by atoms with Gasteiger partial charge in [-0.3, -0.25) is 9.59 Å². The second-order valence-electron chi connectivity index (χ2n) is 7.59. The molecule has 1 atom stereocenters. The van der Waals surface area contributed by atoms with Gasteiger partial charge in [-0.1, -0.05) is 47.2 Å². The highest BCUT2D eigenvalue weighted by Gasteiger charge is 2.35. The number of benzene rings is 2. The predicted molar refractivity (Wildman–Crippen MR) is 125 cm³/mol. The summed E-state index contributed by atoms with van der Waals surface area (Å²) in [6, 6.07) is 15.1. The van der Waals surface area contributed by atoms with Crippen LogP contribution in [0.3, 0.4) is 0 Å². The SMILES string of the molecule is Cc1ccc(N2CC(C(=O)Nc3nnc(CCCOc4ccccc4)s3)CC2=O)cc1Cl. The molecule has 0 bridgehead atoms. The third-order valence-corrected chi connectivity index (χ3v) is 6.51. The number of carbonyl (C=O) groups excluding carboxylic acids is 2. The van der Waals surface area contributed by atoms with Crippen LogP contribution < -0.4 is 15.0 Å². The number of ether oxygens (including phenoxy) is 1. The number of rotatable bonds is 8. The molecular weight excluding hydrogens is 448 g/mol. The molecular formula is C23H23ClN4O3S. The molecule has 1 fully saturated rings. The highest BCUT2D eigenvalue weighted by molar-refractivity contribution is 7.15. The number of nitrogens with one attached hydrogen (secondary N) is 1. The summed E-state index contributed by atoms with van der Waals surface area (Å²) in [5.41, 5.74) is 1.65. The number of aromatic nitrogens is 2. The van der Waals surface area contributed by atoms with Crippen LogP contribution in [0.2, 0.25) is 5.02 Å². The maximum atomic E-state index is 12.7. The monoisotopic (exact) mass is 470 g/mol. The molecule has 0 aliphatic carbocycles. The first kappa shape index (κ1) is 22.2. The molecule has 9 heteroatoms. The van der Waals surface area contributed by atoms with Crippen LogP contribution in [0.1, 0.15) is 23.4 Å². The van der Waals surface area contributed by atoms with Crippen LogP contribution in [0.5, 0.6) is 5.75 Å². The first-order valence-corrected chi connectivity index (χ1v) is 11.6. The molecule has 1 aromatic heterocycles. The van der Waals surface area contributed by atoms with E-state index < -0.39 is 5.92 Å². The van der Waals surface area contributed by atoms with Gasteiger partial charge in [0.2, 0.25) is 16.9 Å². The first-order valence-electron chi connectivity index (χ1n) is 10.4. The van der Waals surface area contributed by atoms with Crippen LogP contribution in [0.4, 0.5) is 10.8 Å². The predicted octanol–water partition coefficient (Wildman–Crippen LogP) is 4.50. The largest absolute Gasteiger partial charge is 0.494 e. The molecule has 0 saturated carbocycles. The van der Waals surface area contributed by atoms with Crippen LogP contribution >= 0.6 is 22.9 Å². The van der Waals surface area contributed by atoms with E-state index in [0.29, 0.717) is 35.4 Å². The molecule has 3 aromatic rings. The van der Waals surface area contributed by atoms with E-state index in [-0.39, 0.29) is 18.2 Å². The molecule has 2 heterocycles. The minimum atomic E-state index is -0.450. The van der Waals surface area contributed by atoms with Gasteiger partial charge in [-0.2, -0.15) is 0 Å². The Labute approximate surface area is 195 Å². The number of aryl methyl sites for hydroxylation is 2. The standard InChI is InChI=1S/C23H23ClN4O3S/c1-15-9-10-17(13-19(15)24)28-14-16(12-21(28)29)22(30)25-23-27-26-20(32-23)8-5-11-31-18-6-3-2-4-7-18/h2-4,6-7,9-10,13,16H,5,8,11-12,14H2,1H3,(H,25,27,30). The average Bonchev–Trinajstić information content (AvgIpc) is 3.40. The summed E-state index contributed by atoms with van der Waals surface area (Å²) in [5.74, 6) is 0.0654. The smallest absolute Gasteiger partial charge is 0.231 e. The molecule has 2 amide bonds. The number of anilines is 2. The van der Waals surface area contributed by atoms with Crippen molar-refractivity contribution in [3.8, 4) is 5.75 Å². The van der Waals surface area contributed by atoms with Crippen molar-refractivity contribution in [2.24, 2.45) is 5.92 Å². The van der Waals surface area contributed by atoms with Gasteiger partial charge in [0.15, 0.2) is 0 Å². The molecule has 1 N–H and O–H groups in total. The molecule has 2 aromatic carbocycles. The molecule has 1 saturated heterocycles. The lowest BCUT2D eigenvalue weighted by molar-refractivity contribution is -0.122. The van der Waals surface area contributed by atoms with Gasteiger partial charge in [-0.15, -0.1) is 10.2 Å². The summed E-state index contributed by atoms with van der Waals surface area (Å²) in [6.45, 7) is 2.79. The minimum Gasteiger partial charge on any atom is -0.494 e. The third-order valence-electron chi connectivity index (χ3n) is 5.21. The molecule has 1 aliphatic rings. The average molecular weight is 471 g/mol. The van der Waals surface area contributed by atoms with Crippen molar-refractivity contribution in [1.29, 1.82) is 0 Å². The number of halogens is 1. The molecule has 7 nitrogen and oxygen atoms in total. The van der Waals surface area contributed by atoms with Gasteiger partial charge in [0, 0.05) is 30.1 Å². The van der Waals surface area contributed by atoms with Gasteiger partial charge >= 0.3 is 0 Å². The summed E-state index contributed by atoms with van der Waals surface area (Å²) >= 11 is 7.53. The maximum absolute atomic E-state index is 12.7. The Bertz CT molecular complexity index is 1110. The number of amides is 2. The van der Waals surface area contributed by atoms with E-state index in [2.05, 4.69) is 15.5 Å². The van der Waals surface area contributed by atoms with Gasteiger partial charge in [-0.05, 0) is 43.2 Å². The fourth-order valence-corrected chi connectivity index (χ4v) is 4.38. The summed E-state index contributed by atoms with van der Waals surface area (Å²) in [4.78, 5) is 26.7. The van der Waals surface area contributed by atoms with Crippen molar-refractivity contribution in [2.45, 2.75) is 26.2 Å². The van der Waals surface area contributed by atoms with Crippen LogP contribution in [-0.2, 0) is 16.0 Å². The highest BCUT2D eigenvalue weighted by Crippen LogP contribution is 2.29. The lowest BCUT2D eigenvalue weighted by Gasteiger charge is -2.17. The van der Waals surface area contributed by atoms with Crippen molar-refractivity contribution in [1.82, 2.24) is 10.2 Å². The topological polar surface area (TPSA) is 84.4 Å². The van der Waals surface area contributed by atoms with E-state index in [4.69, 9.17) is 16.3 Å². The van der Waals surface area contributed by atoms with E-state index in [1.54, 1.807) is 11.0 Å². The second-order valence-corrected chi connectivity index (χ2v) is 9.06. The fourth-order valence-electron chi connectivity index (χ4n) is 3.43. The van der Waals surface area contributed by atoms with Gasteiger partial charge in [0.1, 0.15) is 10.8 Å². The van der Waals surface area contributed by atoms with E-state index in [9.17, 15) is 9.59 Å². The number of para-hydroxylation sites is 1. The van der Waals surface area contributed by atoms with Crippen molar-refractivity contribution >= 4 is 45.6 Å². The van der Waals surface area contributed by atoms with Crippen molar-refractivity contribution in [3.63, 3.8) is 0 Å². The quantitative estimate of drug-likeness (QED) is 0.490. The van der Waals surface area contributed by atoms with Gasteiger partial charge in [0.25, 0.3) is 0 Å². The van der Waals surface area contributed by atoms with Gasteiger partial charge < -0.3 is 15.0 Å². The van der Waals surface area contributed by atoms with E-state index in [0.717, 1.165) is 22.7 Å². The third kappa shape index (κ3) is 5.44. The number of hydrogen-bond donors (Lipinski definition) is 1. The maximum Gasteiger partial charge on any atom is 0.231 e. The Morgan fingerprint density at radius 2 is 2.06 bits per heavy atom. The summed E-state index contributed by atoms with van der Waals surface area (Å²) in [5, 5.41) is 12.9. The molecule has 1 aliphatic heterocycles.